The number of rotatable bonds is 7. The number of nitrogens with zero attached hydrogens (tertiary/aromatic N) is 1. The molecule has 5 nitrogen and oxygen atoms in total. The van der Waals surface area contributed by atoms with Gasteiger partial charge in [-0.2, -0.15) is 13.2 Å². The lowest BCUT2D eigenvalue weighted by molar-refractivity contribution is -0.137. The Morgan fingerprint density at radius 3 is 2.30 bits per heavy atom. The van der Waals surface area contributed by atoms with E-state index in [1.165, 1.54) is 17.0 Å². The lowest BCUT2D eigenvalue weighted by Crippen LogP contribution is -2.31. The van der Waals surface area contributed by atoms with Gasteiger partial charge in [0, 0.05) is 11.3 Å². The third-order valence-electron chi connectivity index (χ3n) is 5.78. The zero-order chi connectivity index (χ0) is 26.6. The third kappa shape index (κ3) is 6.64. The third-order valence-corrected chi connectivity index (χ3v) is 5.78. The number of alkyl halides is 3. The highest BCUT2D eigenvalue weighted by Gasteiger charge is 2.30. The number of amides is 1. The first-order valence-electron chi connectivity index (χ1n) is 11.9. The Hall–Kier alpha value is -3.94. The summed E-state index contributed by atoms with van der Waals surface area (Å²) in [6.45, 7) is 6.37. The van der Waals surface area contributed by atoms with Gasteiger partial charge in [-0.25, -0.2) is 4.79 Å². The van der Waals surface area contributed by atoms with Gasteiger partial charge in [-0.15, -0.1) is 0 Å². The number of anilines is 1. The van der Waals surface area contributed by atoms with Crippen molar-refractivity contribution in [1.82, 2.24) is 0 Å². The summed E-state index contributed by atoms with van der Waals surface area (Å²) >= 11 is 0. The van der Waals surface area contributed by atoms with E-state index in [1.807, 2.05) is 32.9 Å². The zero-order valence-electron chi connectivity index (χ0n) is 20.8. The summed E-state index contributed by atoms with van der Waals surface area (Å²) in [6, 6.07) is 17.2. The van der Waals surface area contributed by atoms with Crippen molar-refractivity contribution in [3.8, 4) is 11.5 Å². The van der Waals surface area contributed by atoms with E-state index in [-0.39, 0.29) is 13.2 Å². The maximum absolute atomic E-state index is 13.2. The summed E-state index contributed by atoms with van der Waals surface area (Å²) < 4.78 is 56.0. The maximum atomic E-state index is 13.2. The summed E-state index contributed by atoms with van der Waals surface area (Å²) in [6.07, 6.45) is -1.23. The van der Waals surface area contributed by atoms with E-state index in [4.69, 9.17) is 14.2 Å². The van der Waals surface area contributed by atoms with Gasteiger partial charge in [0.05, 0.1) is 18.7 Å². The van der Waals surface area contributed by atoms with Gasteiger partial charge >= 0.3 is 12.3 Å². The second-order valence-corrected chi connectivity index (χ2v) is 9.17. The number of carbonyl (C=O) groups is 1. The van der Waals surface area contributed by atoms with Crippen molar-refractivity contribution >= 4 is 17.9 Å². The molecule has 3 aromatic rings. The van der Waals surface area contributed by atoms with Crippen LogP contribution in [-0.2, 0) is 24.1 Å². The first kappa shape index (κ1) is 26.1. The van der Waals surface area contributed by atoms with Crippen LogP contribution in [0, 0.1) is 0 Å². The van der Waals surface area contributed by atoms with Gasteiger partial charge in [-0.3, -0.25) is 4.90 Å². The molecule has 0 fully saturated rings. The fourth-order valence-electron chi connectivity index (χ4n) is 3.85. The van der Waals surface area contributed by atoms with Crippen LogP contribution >= 0.6 is 0 Å². The summed E-state index contributed by atoms with van der Waals surface area (Å²) in [5.74, 6) is 1.39. The van der Waals surface area contributed by atoms with Crippen molar-refractivity contribution in [2.75, 3.05) is 11.5 Å². The van der Waals surface area contributed by atoms with Gasteiger partial charge in [0.25, 0.3) is 0 Å². The average Bonchev–Trinajstić information content (AvgIpc) is 2.86. The largest absolute Gasteiger partial charge is 0.494 e. The number of ether oxygens (including phenoxy) is 3. The molecule has 0 saturated heterocycles. The van der Waals surface area contributed by atoms with Crippen molar-refractivity contribution in [3.63, 3.8) is 0 Å². The fourth-order valence-corrected chi connectivity index (χ4v) is 3.85. The first-order chi connectivity index (χ1) is 17.5. The molecule has 0 unspecified atom stereocenters. The molecule has 1 aliphatic heterocycles. The predicted octanol–water partition coefficient (Wildman–Crippen LogP) is 7.63. The molecule has 3 aromatic carbocycles. The Kier molecular flexibility index (Phi) is 7.47. The minimum atomic E-state index is -4.44. The highest BCUT2D eigenvalue weighted by atomic mass is 19.4. The van der Waals surface area contributed by atoms with Crippen molar-refractivity contribution in [1.29, 1.82) is 0 Å². The second-order valence-electron chi connectivity index (χ2n) is 9.17. The lowest BCUT2D eigenvalue weighted by atomic mass is 10.0. The molecule has 0 radical (unpaired) electrons. The molecule has 0 aliphatic carbocycles. The van der Waals surface area contributed by atoms with Gasteiger partial charge in [0.2, 0.25) is 0 Å². The van der Waals surface area contributed by atoms with Crippen LogP contribution in [0.25, 0.3) is 6.08 Å². The molecule has 1 heterocycles. The molecule has 37 heavy (non-hydrogen) atoms. The van der Waals surface area contributed by atoms with Crippen molar-refractivity contribution in [2.45, 2.75) is 45.7 Å². The normalized spacial score (nSPS) is 13.9. The fraction of sp³-hybridized carbons (Fsp3) is 0.276. The first-order valence-corrected chi connectivity index (χ1v) is 11.9. The number of halogens is 3. The number of fused-ring (bicyclic) bond motifs is 1. The molecule has 194 valence electrons. The zero-order valence-corrected chi connectivity index (χ0v) is 20.8. The molecule has 0 aromatic heterocycles. The average molecular weight is 512 g/mol. The SMILES string of the molecule is CCOc1ccc(COC(=O)N(Cc2ccc(C(F)(F)F)cc2)c2ccc3c(c2)C=CC(C)(C)O3)cc1. The van der Waals surface area contributed by atoms with Gasteiger partial charge in [-0.1, -0.05) is 30.3 Å². The van der Waals surface area contributed by atoms with Crippen molar-refractivity contribution < 1.29 is 32.2 Å². The van der Waals surface area contributed by atoms with Gasteiger partial charge < -0.3 is 14.2 Å². The summed E-state index contributed by atoms with van der Waals surface area (Å²) in [5.41, 5.74) is 1.41. The quantitative estimate of drug-likeness (QED) is 0.327. The van der Waals surface area contributed by atoms with Gasteiger partial charge in [0.15, 0.2) is 0 Å². The van der Waals surface area contributed by atoms with Crippen LogP contribution in [0.15, 0.2) is 72.8 Å². The Balaban J connectivity index is 1.57. The molecular weight excluding hydrogens is 483 g/mol. The number of hydrogen-bond acceptors (Lipinski definition) is 4. The van der Waals surface area contributed by atoms with Crippen molar-refractivity contribution in [3.05, 3.63) is 95.1 Å². The van der Waals surface area contributed by atoms with E-state index in [2.05, 4.69) is 0 Å². The second kappa shape index (κ2) is 10.6. The predicted molar refractivity (Wildman–Crippen MR) is 136 cm³/mol. The molecule has 0 atom stereocenters. The molecule has 0 spiro atoms. The van der Waals surface area contributed by atoms with Crippen LogP contribution in [0.3, 0.4) is 0 Å². The molecule has 1 amide bonds. The number of hydrogen-bond donors (Lipinski definition) is 0. The molecule has 1 aliphatic rings. The topological polar surface area (TPSA) is 48.0 Å². The van der Waals surface area contributed by atoms with Crippen LogP contribution < -0.4 is 14.4 Å². The highest BCUT2D eigenvalue weighted by Crippen LogP contribution is 2.35. The van der Waals surface area contributed by atoms with Gasteiger partial charge in [0.1, 0.15) is 23.7 Å². The smallest absolute Gasteiger partial charge is 0.416 e. The summed E-state index contributed by atoms with van der Waals surface area (Å²) in [7, 11) is 0. The highest BCUT2D eigenvalue weighted by molar-refractivity contribution is 5.88. The number of carbonyl (C=O) groups excluding carboxylic acids is 1. The molecule has 4 rings (SSSR count). The van der Waals surface area contributed by atoms with Crippen LogP contribution in [0.1, 0.15) is 43.0 Å². The lowest BCUT2D eigenvalue weighted by Gasteiger charge is -2.29. The molecule has 0 N–H and O–H groups in total. The Morgan fingerprint density at radius 2 is 1.65 bits per heavy atom. The molecule has 8 heteroatoms. The van der Waals surface area contributed by atoms with E-state index >= 15 is 0 Å². The Bertz CT molecular complexity index is 1270. The summed E-state index contributed by atoms with van der Waals surface area (Å²) in [5, 5.41) is 0. The minimum Gasteiger partial charge on any atom is -0.494 e. The Morgan fingerprint density at radius 1 is 0.973 bits per heavy atom. The summed E-state index contributed by atoms with van der Waals surface area (Å²) in [4.78, 5) is 14.6. The Labute approximate surface area is 214 Å². The standard InChI is InChI=1S/C29H28F3NO4/c1-4-35-25-12-7-21(8-13-25)19-36-27(34)33(18-20-5-9-23(10-6-20)29(30,31)32)24-11-14-26-22(17-24)15-16-28(2,3)37-26/h5-17H,4,18-19H2,1-3H3. The van der Waals surface area contributed by atoms with Gasteiger partial charge in [-0.05, 0) is 80.4 Å². The van der Waals surface area contributed by atoms with E-state index in [0.29, 0.717) is 29.4 Å². The number of benzene rings is 3. The molecular formula is C29H28F3NO4. The van der Waals surface area contributed by atoms with Crippen LogP contribution in [-0.4, -0.2) is 18.3 Å². The van der Waals surface area contributed by atoms with Crippen LogP contribution in [0.5, 0.6) is 11.5 Å². The minimum absolute atomic E-state index is 0.0229. The molecule has 0 bridgehead atoms. The van der Waals surface area contributed by atoms with E-state index in [0.717, 1.165) is 23.3 Å². The maximum Gasteiger partial charge on any atom is 0.416 e. The van der Waals surface area contributed by atoms with Crippen molar-refractivity contribution in [2.24, 2.45) is 0 Å². The molecule has 0 saturated carbocycles. The van der Waals surface area contributed by atoms with Crippen LogP contribution in [0.4, 0.5) is 23.7 Å². The van der Waals surface area contributed by atoms with E-state index in [9.17, 15) is 18.0 Å². The van der Waals surface area contributed by atoms with Crippen LogP contribution in [0.2, 0.25) is 0 Å². The van der Waals surface area contributed by atoms with E-state index < -0.39 is 23.4 Å². The monoisotopic (exact) mass is 511 g/mol. The van der Waals surface area contributed by atoms with E-state index in [1.54, 1.807) is 42.5 Å².